The highest BCUT2D eigenvalue weighted by molar-refractivity contribution is 5.77. The van der Waals surface area contributed by atoms with E-state index >= 15 is 0 Å². The highest BCUT2D eigenvalue weighted by Crippen LogP contribution is 2.18. The Bertz CT molecular complexity index is 540. The van der Waals surface area contributed by atoms with E-state index in [1.54, 1.807) is 24.3 Å². The van der Waals surface area contributed by atoms with Crippen LogP contribution in [0.4, 0.5) is 0 Å². The van der Waals surface area contributed by atoms with E-state index in [9.17, 15) is 4.79 Å². The summed E-state index contributed by atoms with van der Waals surface area (Å²) in [6.45, 7) is 3.99. The van der Waals surface area contributed by atoms with E-state index in [2.05, 4.69) is 6.58 Å². The van der Waals surface area contributed by atoms with Gasteiger partial charge in [-0.25, -0.2) is 0 Å². The zero-order valence-electron chi connectivity index (χ0n) is 8.10. The molecule has 0 unspecified atom stereocenters. The molecule has 0 amide bonds. The Morgan fingerprint density at radius 3 is 3.07 bits per heavy atom. The van der Waals surface area contributed by atoms with E-state index < -0.39 is 0 Å². The summed E-state index contributed by atoms with van der Waals surface area (Å²) in [7, 11) is 0. The molecule has 3 nitrogen and oxygen atoms in total. The van der Waals surface area contributed by atoms with Crippen LogP contribution in [-0.4, -0.2) is 6.61 Å². The maximum absolute atomic E-state index is 11.4. The maximum atomic E-state index is 11.4. The number of fused-ring (bicyclic) bond motifs is 1. The lowest BCUT2D eigenvalue weighted by atomic mass is 10.2. The smallest absolute Gasteiger partial charge is 0.192 e. The second kappa shape index (κ2) is 4.00. The van der Waals surface area contributed by atoms with Crippen molar-refractivity contribution in [1.29, 1.82) is 0 Å². The first kappa shape index (κ1) is 9.52. The normalized spacial score (nSPS) is 10.1. The molecular formula is C12H10O3. The molecule has 0 aliphatic heterocycles. The molecule has 0 radical (unpaired) electrons. The van der Waals surface area contributed by atoms with Gasteiger partial charge in [0.05, 0.1) is 11.6 Å². The summed E-state index contributed by atoms with van der Waals surface area (Å²) in [5, 5.41) is 0.559. The topological polar surface area (TPSA) is 39.4 Å². The molecule has 1 aromatic heterocycles. The zero-order chi connectivity index (χ0) is 10.7. The van der Waals surface area contributed by atoms with Gasteiger partial charge < -0.3 is 9.15 Å². The van der Waals surface area contributed by atoms with Crippen LogP contribution in [0.3, 0.4) is 0 Å². The third-order valence-electron chi connectivity index (χ3n) is 2.00. The summed E-state index contributed by atoms with van der Waals surface area (Å²) in [5.41, 5.74) is 0.482. The lowest BCUT2D eigenvalue weighted by Crippen LogP contribution is -1.98. The van der Waals surface area contributed by atoms with Gasteiger partial charge in [-0.15, -0.1) is 0 Å². The monoisotopic (exact) mass is 202 g/mol. The predicted molar refractivity (Wildman–Crippen MR) is 58.2 cm³/mol. The average molecular weight is 202 g/mol. The van der Waals surface area contributed by atoms with Crippen LogP contribution in [0.5, 0.6) is 5.75 Å². The van der Waals surface area contributed by atoms with Gasteiger partial charge in [0, 0.05) is 12.1 Å². The number of rotatable bonds is 3. The molecule has 0 spiro atoms. The Morgan fingerprint density at radius 2 is 2.27 bits per heavy atom. The lowest BCUT2D eigenvalue weighted by Gasteiger charge is -2.03. The van der Waals surface area contributed by atoms with Gasteiger partial charge in [0.1, 0.15) is 17.9 Å². The van der Waals surface area contributed by atoms with Gasteiger partial charge in [-0.2, -0.15) is 0 Å². The standard InChI is InChI=1S/C12H10O3/c1-2-6-14-9-3-4-10-11(13)5-7-15-12(10)8-9/h2-5,7-8H,1,6H2. The highest BCUT2D eigenvalue weighted by atomic mass is 16.5. The minimum absolute atomic E-state index is 0.0495. The van der Waals surface area contributed by atoms with E-state index in [-0.39, 0.29) is 5.43 Å². The second-order valence-electron chi connectivity index (χ2n) is 3.04. The molecule has 2 rings (SSSR count). The van der Waals surface area contributed by atoms with Crippen LogP contribution < -0.4 is 10.2 Å². The third kappa shape index (κ3) is 1.91. The average Bonchev–Trinajstić information content (AvgIpc) is 2.26. The number of hydrogen-bond acceptors (Lipinski definition) is 3. The Morgan fingerprint density at radius 1 is 1.40 bits per heavy atom. The van der Waals surface area contributed by atoms with Crippen LogP contribution >= 0.6 is 0 Å². The first-order chi connectivity index (χ1) is 7.31. The minimum Gasteiger partial charge on any atom is -0.489 e. The molecule has 0 saturated carbocycles. The quantitative estimate of drug-likeness (QED) is 0.717. The Kier molecular flexibility index (Phi) is 2.54. The summed E-state index contributed by atoms with van der Waals surface area (Å²) in [6, 6.07) is 6.52. The van der Waals surface area contributed by atoms with Crippen LogP contribution in [0.25, 0.3) is 11.0 Å². The van der Waals surface area contributed by atoms with Crippen molar-refractivity contribution in [2.24, 2.45) is 0 Å². The van der Waals surface area contributed by atoms with E-state index in [4.69, 9.17) is 9.15 Å². The van der Waals surface area contributed by atoms with Gasteiger partial charge >= 0.3 is 0 Å². The zero-order valence-corrected chi connectivity index (χ0v) is 8.10. The molecule has 0 atom stereocenters. The van der Waals surface area contributed by atoms with Gasteiger partial charge in [-0.05, 0) is 12.1 Å². The van der Waals surface area contributed by atoms with Crippen LogP contribution in [-0.2, 0) is 0 Å². The van der Waals surface area contributed by atoms with Gasteiger partial charge in [0.25, 0.3) is 0 Å². The molecule has 0 N–H and O–H groups in total. The van der Waals surface area contributed by atoms with Crippen molar-refractivity contribution in [3.8, 4) is 5.75 Å². The number of ether oxygens (including phenoxy) is 1. The molecule has 0 aliphatic rings. The minimum atomic E-state index is -0.0495. The molecule has 1 heterocycles. The van der Waals surface area contributed by atoms with Gasteiger partial charge in [-0.1, -0.05) is 12.7 Å². The summed E-state index contributed by atoms with van der Waals surface area (Å²) < 4.78 is 10.5. The first-order valence-electron chi connectivity index (χ1n) is 4.56. The van der Waals surface area contributed by atoms with Gasteiger partial charge in [0.15, 0.2) is 5.43 Å². The summed E-state index contributed by atoms with van der Waals surface area (Å²) in [4.78, 5) is 11.4. The van der Waals surface area contributed by atoms with Crippen LogP contribution in [0.2, 0.25) is 0 Å². The SMILES string of the molecule is C=CCOc1ccc2c(=O)ccoc2c1. The number of benzene rings is 1. The molecule has 76 valence electrons. The fourth-order valence-electron chi connectivity index (χ4n) is 1.31. The summed E-state index contributed by atoms with van der Waals surface area (Å²) in [5.74, 6) is 0.664. The molecule has 0 fully saturated rings. The summed E-state index contributed by atoms with van der Waals surface area (Å²) >= 11 is 0. The summed E-state index contributed by atoms with van der Waals surface area (Å²) in [6.07, 6.45) is 3.04. The lowest BCUT2D eigenvalue weighted by molar-refractivity contribution is 0.363. The number of hydrogen-bond donors (Lipinski definition) is 0. The Labute approximate surface area is 86.6 Å². The Hall–Kier alpha value is -2.03. The van der Waals surface area contributed by atoms with Crippen molar-refractivity contribution in [3.63, 3.8) is 0 Å². The van der Waals surface area contributed by atoms with E-state index in [0.717, 1.165) is 0 Å². The van der Waals surface area contributed by atoms with Crippen LogP contribution in [0.15, 0.2) is 52.4 Å². The van der Waals surface area contributed by atoms with Crippen LogP contribution in [0, 0.1) is 0 Å². The van der Waals surface area contributed by atoms with Crippen molar-refractivity contribution < 1.29 is 9.15 Å². The van der Waals surface area contributed by atoms with Crippen molar-refractivity contribution in [3.05, 3.63) is 53.4 Å². The first-order valence-corrected chi connectivity index (χ1v) is 4.56. The fourth-order valence-corrected chi connectivity index (χ4v) is 1.31. The molecule has 3 heteroatoms. The molecule has 15 heavy (non-hydrogen) atoms. The predicted octanol–water partition coefficient (Wildman–Crippen LogP) is 2.36. The van der Waals surface area contributed by atoms with E-state index in [1.165, 1.54) is 12.3 Å². The van der Waals surface area contributed by atoms with Gasteiger partial charge in [0.2, 0.25) is 0 Å². The molecule has 0 saturated heterocycles. The largest absolute Gasteiger partial charge is 0.489 e. The molecule has 0 aliphatic carbocycles. The molecule has 2 aromatic rings. The van der Waals surface area contributed by atoms with Crippen LogP contribution in [0.1, 0.15) is 0 Å². The van der Waals surface area contributed by atoms with Crippen molar-refractivity contribution in [2.75, 3.05) is 6.61 Å². The third-order valence-corrected chi connectivity index (χ3v) is 2.00. The molecule has 0 bridgehead atoms. The van der Waals surface area contributed by atoms with E-state index in [0.29, 0.717) is 23.3 Å². The second-order valence-corrected chi connectivity index (χ2v) is 3.04. The Balaban J connectivity index is 2.47. The van der Waals surface area contributed by atoms with Crippen molar-refractivity contribution >= 4 is 11.0 Å². The molecular weight excluding hydrogens is 192 g/mol. The molecule has 1 aromatic carbocycles. The van der Waals surface area contributed by atoms with Crippen molar-refractivity contribution in [1.82, 2.24) is 0 Å². The maximum Gasteiger partial charge on any atom is 0.192 e. The van der Waals surface area contributed by atoms with E-state index in [1.807, 2.05) is 0 Å². The van der Waals surface area contributed by atoms with Gasteiger partial charge in [-0.3, -0.25) is 4.79 Å². The highest BCUT2D eigenvalue weighted by Gasteiger charge is 2.01. The fraction of sp³-hybridized carbons (Fsp3) is 0.0833. The van der Waals surface area contributed by atoms with Crippen molar-refractivity contribution in [2.45, 2.75) is 0 Å².